The standard InChI is InChI=1S/C14H22N4O.ClH/c1-11-4-3-9-18(13(11)10-15)14(19)6-5-12-7-8-16-17(12)2;/h5-8,11,13H,3-4,9-10,15H2,1-2H3;1H. The first-order valence-electron chi connectivity index (χ1n) is 6.80. The van der Waals surface area contributed by atoms with Crippen LogP contribution in [0.15, 0.2) is 18.3 Å². The van der Waals surface area contributed by atoms with E-state index in [9.17, 15) is 4.79 Å². The maximum absolute atomic E-state index is 12.3. The molecule has 6 heteroatoms. The van der Waals surface area contributed by atoms with Gasteiger partial charge in [-0.2, -0.15) is 5.10 Å². The highest BCUT2D eigenvalue weighted by Gasteiger charge is 2.29. The molecule has 112 valence electrons. The van der Waals surface area contributed by atoms with E-state index in [-0.39, 0.29) is 24.4 Å². The largest absolute Gasteiger partial charge is 0.335 e. The summed E-state index contributed by atoms with van der Waals surface area (Å²) in [6.45, 7) is 3.51. The summed E-state index contributed by atoms with van der Waals surface area (Å²) in [6, 6.07) is 2.04. The summed E-state index contributed by atoms with van der Waals surface area (Å²) in [4.78, 5) is 14.2. The molecular formula is C14H23ClN4O. The van der Waals surface area contributed by atoms with Gasteiger partial charge < -0.3 is 10.6 Å². The maximum Gasteiger partial charge on any atom is 0.246 e. The summed E-state index contributed by atoms with van der Waals surface area (Å²) in [5.41, 5.74) is 6.72. The Morgan fingerprint density at radius 1 is 1.60 bits per heavy atom. The number of hydrogen-bond acceptors (Lipinski definition) is 3. The molecule has 2 heterocycles. The van der Waals surface area contributed by atoms with Gasteiger partial charge in [0.15, 0.2) is 0 Å². The molecule has 0 bridgehead atoms. The lowest BCUT2D eigenvalue weighted by Crippen LogP contribution is -2.50. The monoisotopic (exact) mass is 298 g/mol. The van der Waals surface area contributed by atoms with Crippen molar-refractivity contribution in [1.29, 1.82) is 0 Å². The number of aromatic nitrogens is 2. The summed E-state index contributed by atoms with van der Waals surface area (Å²) in [7, 11) is 1.86. The van der Waals surface area contributed by atoms with Gasteiger partial charge >= 0.3 is 0 Å². The summed E-state index contributed by atoms with van der Waals surface area (Å²) in [5.74, 6) is 0.524. The number of carbonyl (C=O) groups is 1. The van der Waals surface area contributed by atoms with Gasteiger partial charge in [-0.25, -0.2) is 0 Å². The molecule has 2 atom stereocenters. The molecule has 0 saturated carbocycles. The Bertz CT molecular complexity index is 471. The molecule has 1 aromatic rings. The molecular weight excluding hydrogens is 276 g/mol. The van der Waals surface area contributed by atoms with E-state index in [2.05, 4.69) is 12.0 Å². The third kappa shape index (κ3) is 3.61. The first-order chi connectivity index (χ1) is 9.13. The Hall–Kier alpha value is -1.33. The molecule has 1 aromatic heterocycles. The van der Waals surface area contributed by atoms with Crippen LogP contribution in [-0.4, -0.2) is 39.7 Å². The number of nitrogens with zero attached hydrogens (tertiary/aromatic N) is 3. The summed E-state index contributed by atoms with van der Waals surface area (Å²) >= 11 is 0. The third-order valence-corrected chi connectivity index (χ3v) is 3.90. The van der Waals surface area contributed by atoms with Gasteiger partial charge in [0.2, 0.25) is 5.91 Å². The van der Waals surface area contributed by atoms with E-state index in [1.807, 2.05) is 24.1 Å². The van der Waals surface area contributed by atoms with Crippen LogP contribution in [0.4, 0.5) is 0 Å². The van der Waals surface area contributed by atoms with Crippen molar-refractivity contribution in [3.8, 4) is 0 Å². The van der Waals surface area contributed by atoms with E-state index in [1.54, 1.807) is 17.0 Å². The minimum absolute atomic E-state index is 0. The van der Waals surface area contributed by atoms with Gasteiger partial charge in [0.1, 0.15) is 0 Å². The van der Waals surface area contributed by atoms with Gasteiger partial charge in [-0.1, -0.05) is 6.92 Å². The molecule has 1 aliphatic heterocycles. The first-order valence-corrected chi connectivity index (χ1v) is 6.80. The normalized spacial score (nSPS) is 22.9. The molecule has 0 aromatic carbocycles. The highest BCUT2D eigenvalue weighted by molar-refractivity contribution is 5.91. The zero-order valence-corrected chi connectivity index (χ0v) is 12.8. The Labute approximate surface area is 126 Å². The summed E-state index contributed by atoms with van der Waals surface area (Å²) in [5, 5.41) is 4.07. The molecule has 0 radical (unpaired) electrons. The smallest absolute Gasteiger partial charge is 0.246 e. The van der Waals surface area contributed by atoms with E-state index < -0.39 is 0 Å². The van der Waals surface area contributed by atoms with Crippen LogP contribution in [0.1, 0.15) is 25.5 Å². The van der Waals surface area contributed by atoms with Crippen molar-refractivity contribution < 1.29 is 4.79 Å². The Balaban J connectivity index is 0.00000200. The molecule has 1 saturated heterocycles. The molecule has 0 aliphatic carbocycles. The fraction of sp³-hybridized carbons (Fsp3) is 0.571. The number of halogens is 1. The van der Waals surface area contributed by atoms with Gasteiger partial charge in [-0.05, 0) is 30.9 Å². The van der Waals surface area contributed by atoms with Gasteiger partial charge in [-0.3, -0.25) is 9.48 Å². The van der Waals surface area contributed by atoms with Crippen molar-refractivity contribution in [2.45, 2.75) is 25.8 Å². The van der Waals surface area contributed by atoms with Crippen molar-refractivity contribution in [3.05, 3.63) is 24.0 Å². The fourth-order valence-corrected chi connectivity index (χ4v) is 2.68. The number of rotatable bonds is 3. The Kier molecular flexibility index (Phi) is 6.23. The van der Waals surface area contributed by atoms with Crippen molar-refractivity contribution in [2.24, 2.45) is 18.7 Å². The van der Waals surface area contributed by atoms with Crippen LogP contribution in [0.25, 0.3) is 6.08 Å². The van der Waals surface area contributed by atoms with E-state index in [4.69, 9.17) is 5.73 Å². The van der Waals surface area contributed by atoms with Gasteiger partial charge in [0.25, 0.3) is 0 Å². The quantitative estimate of drug-likeness (QED) is 0.859. The van der Waals surface area contributed by atoms with Gasteiger partial charge in [0.05, 0.1) is 5.69 Å². The number of piperidine rings is 1. The lowest BCUT2D eigenvalue weighted by atomic mass is 9.90. The second-order valence-corrected chi connectivity index (χ2v) is 5.17. The van der Waals surface area contributed by atoms with Crippen molar-refractivity contribution in [3.63, 3.8) is 0 Å². The molecule has 2 rings (SSSR count). The lowest BCUT2D eigenvalue weighted by Gasteiger charge is -2.38. The molecule has 1 aliphatic rings. The zero-order chi connectivity index (χ0) is 13.8. The summed E-state index contributed by atoms with van der Waals surface area (Å²) in [6.07, 6.45) is 7.36. The molecule has 20 heavy (non-hydrogen) atoms. The van der Waals surface area contributed by atoms with Gasteiger partial charge in [-0.15, -0.1) is 12.4 Å². The highest BCUT2D eigenvalue weighted by Crippen LogP contribution is 2.22. The van der Waals surface area contributed by atoms with Crippen LogP contribution in [-0.2, 0) is 11.8 Å². The number of hydrogen-bond donors (Lipinski definition) is 1. The van der Waals surface area contributed by atoms with Crippen molar-refractivity contribution >= 4 is 24.4 Å². The zero-order valence-electron chi connectivity index (χ0n) is 12.0. The van der Waals surface area contributed by atoms with E-state index in [0.29, 0.717) is 12.5 Å². The van der Waals surface area contributed by atoms with E-state index >= 15 is 0 Å². The van der Waals surface area contributed by atoms with Crippen molar-refractivity contribution in [2.75, 3.05) is 13.1 Å². The van der Waals surface area contributed by atoms with Crippen molar-refractivity contribution in [1.82, 2.24) is 14.7 Å². The lowest BCUT2D eigenvalue weighted by molar-refractivity contribution is -0.130. The van der Waals surface area contributed by atoms with Crippen LogP contribution >= 0.6 is 12.4 Å². The number of aryl methyl sites for hydroxylation is 1. The number of carbonyl (C=O) groups excluding carboxylic acids is 1. The average molecular weight is 299 g/mol. The molecule has 1 amide bonds. The number of nitrogens with two attached hydrogens (primary N) is 1. The number of likely N-dealkylation sites (tertiary alicyclic amines) is 1. The topological polar surface area (TPSA) is 64.2 Å². The van der Waals surface area contributed by atoms with E-state index in [1.165, 1.54) is 0 Å². The van der Waals surface area contributed by atoms with Crippen LogP contribution in [0.2, 0.25) is 0 Å². The third-order valence-electron chi connectivity index (χ3n) is 3.90. The van der Waals surface area contributed by atoms with Crippen LogP contribution in [0.3, 0.4) is 0 Å². The molecule has 1 fully saturated rings. The Morgan fingerprint density at radius 3 is 2.95 bits per heavy atom. The average Bonchev–Trinajstić information content (AvgIpc) is 2.81. The Morgan fingerprint density at radius 2 is 2.35 bits per heavy atom. The predicted octanol–water partition coefficient (Wildman–Crippen LogP) is 1.44. The fourth-order valence-electron chi connectivity index (χ4n) is 2.68. The number of amides is 1. The molecule has 2 unspecified atom stereocenters. The van der Waals surface area contributed by atoms with Crippen LogP contribution < -0.4 is 5.73 Å². The van der Waals surface area contributed by atoms with Crippen LogP contribution in [0.5, 0.6) is 0 Å². The van der Waals surface area contributed by atoms with Crippen LogP contribution in [0, 0.1) is 5.92 Å². The van der Waals surface area contributed by atoms with E-state index in [0.717, 1.165) is 25.1 Å². The highest BCUT2D eigenvalue weighted by atomic mass is 35.5. The second kappa shape index (κ2) is 7.45. The minimum Gasteiger partial charge on any atom is -0.335 e. The van der Waals surface area contributed by atoms with Gasteiger partial charge in [0, 0.05) is 38.5 Å². The molecule has 5 nitrogen and oxygen atoms in total. The minimum atomic E-state index is 0. The molecule has 2 N–H and O–H groups in total. The second-order valence-electron chi connectivity index (χ2n) is 5.17. The molecule has 0 spiro atoms. The maximum atomic E-state index is 12.3. The SMILES string of the molecule is CC1CCCN(C(=O)C=Cc2ccnn2C)C1CN.Cl. The first kappa shape index (κ1) is 16.7. The predicted molar refractivity (Wildman–Crippen MR) is 82.4 cm³/mol. The summed E-state index contributed by atoms with van der Waals surface area (Å²) < 4.78 is 1.74.